The molecule has 37 nitrogen and oxygen atoms in total. The number of benzene rings is 1. The number of nitrogens with two attached hydrogens (primary N) is 4. The third-order valence-corrected chi connectivity index (χ3v) is 20.4. The molecule has 3 aliphatic rings. The summed E-state index contributed by atoms with van der Waals surface area (Å²) in [4.78, 5) is 217. The molecule has 3 aliphatic heterocycles. The number of carbonyl (C=O) groups is 15. The van der Waals surface area contributed by atoms with E-state index in [2.05, 4.69) is 63.5 Å². The van der Waals surface area contributed by atoms with E-state index in [0.29, 0.717) is 24.8 Å². The van der Waals surface area contributed by atoms with E-state index in [-0.39, 0.29) is 89.9 Å². The first-order valence-corrected chi connectivity index (χ1v) is 37.2. The van der Waals surface area contributed by atoms with Crippen LogP contribution in [-0.2, 0) is 78.3 Å². The average molecular weight is 1510 g/mol. The van der Waals surface area contributed by atoms with Crippen molar-refractivity contribution in [3.63, 3.8) is 0 Å². The Hall–Kier alpha value is -8.92. The Balaban J connectivity index is 1.91. The number of likely N-dealkylation sites (tertiary alicyclic amines) is 1. The molecule has 0 spiro atoms. The second-order valence-electron chi connectivity index (χ2n) is 25.9. The fourth-order valence-electron chi connectivity index (χ4n) is 11.5. The largest absolute Gasteiger partial charge is 0.481 e. The first kappa shape index (κ1) is 87.5. The van der Waals surface area contributed by atoms with Gasteiger partial charge in [-0.25, -0.2) is 4.79 Å². The van der Waals surface area contributed by atoms with Crippen molar-refractivity contribution in [2.75, 3.05) is 50.8 Å². The molecule has 13 amide bonds. The summed E-state index contributed by atoms with van der Waals surface area (Å²) in [6.07, 6.45) is -1.46. The molecule has 0 saturated carbocycles. The Morgan fingerprint density at radius 1 is 0.663 bits per heavy atom. The third-order valence-electron chi connectivity index (χ3n) is 17.9. The number of unbranched alkanes of at least 4 members (excludes halogenated alkanes) is 1. The van der Waals surface area contributed by atoms with E-state index in [0.717, 1.165) is 33.4 Å². The second kappa shape index (κ2) is 44.0. The van der Waals surface area contributed by atoms with E-state index in [1.54, 1.807) is 58.0 Å². The zero-order valence-corrected chi connectivity index (χ0v) is 61.0. The van der Waals surface area contributed by atoms with Crippen LogP contribution in [0.3, 0.4) is 0 Å². The number of guanidine groups is 1. The number of aliphatic imine (C=N–C) groups is 1. The molecule has 23 N–H and O–H groups in total. The van der Waals surface area contributed by atoms with Crippen LogP contribution in [0.4, 0.5) is 0 Å². The number of carboxylic acids is 2. The minimum Gasteiger partial charge on any atom is -0.481 e. The minimum absolute atomic E-state index is 0.00893. The number of nitrogens with zero attached hydrogens (tertiary/aromatic N) is 3. The molecule has 1 aromatic rings. The van der Waals surface area contributed by atoms with Crippen LogP contribution in [-0.4, -0.2) is 260 Å². The number of fused-ring (bicyclic) bond motifs is 1. The van der Waals surface area contributed by atoms with Gasteiger partial charge in [0.2, 0.25) is 76.8 Å². The first-order chi connectivity index (χ1) is 49.3. The topological polar surface area (TPSA) is 592 Å². The van der Waals surface area contributed by atoms with E-state index in [4.69, 9.17) is 22.9 Å². The van der Waals surface area contributed by atoms with Crippen molar-refractivity contribution in [3.05, 3.63) is 35.9 Å². The lowest BCUT2D eigenvalue weighted by Gasteiger charge is -2.33. The Labute approximate surface area is 610 Å². The van der Waals surface area contributed by atoms with Gasteiger partial charge >= 0.3 is 11.9 Å². The molecule has 0 aliphatic carbocycles. The third kappa shape index (κ3) is 27.3. The van der Waals surface area contributed by atoms with Crippen molar-refractivity contribution in [2.24, 2.45) is 39.8 Å². The van der Waals surface area contributed by atoms with Gasteiger partial charge in [0.15, 0.2) is 5.96 Å². The van der Waals surface area contributed by atoms with E-state index in [9.17, 15) is 87.5 Å². The van der Waals surface area contributed by atoms with Gasteiger partial charge in [0.1, 0.15) is 78.5 Å². The maximum atomic E-state index is 15.2. The van der Waals surface area contributed by atoms with Crippen LogP contribution in [0.1, 0.15) is 124 Å². The summed E-state index contributed by atoms with van der Waals surface area (Å²) < 4.78 is 0. The van der Waals surface area contributed by atoms with Crippen molar-refractivity contribution < 1.29 is 92.3 Å². The van der Waals surface area contributed by atoms with E-state index in [1.165, 1.54) is 11.8 Å². The van der Waals surface area contributed by atoms with Gasteiger partial charge in [-0.1, -0.05) is 92.5 Å². The summed E-state index contributed by atoms with van der Waals surface area (Å²) in [5.74, 6) is -18.0. The maximum absolute atomic E-state index is 15.2. The monoisotopic (exact) mass is 1500 g/mol. The highest BCUT2D eigenvalue weighted by Crippen LogP contribution is 2.26. The fourth-order valence-corrected chi connectivity index (χ4v) is 13.9. The van der Waals surface area contributed by atoms with Crippen LogP contribution >= 0.6 is 21.6 Å². The van der Waals surface area contributed by atoms with E-state index >= 15 is 4.79 Å². The summed E-state index contributed by atoms with van der Waals surface area (Å²) in [5.41, 5.74) is 22.9. The molecule has 0 aromatic heterocycles. The minimum atomic E-state index is -1.93. The summed E-state index contributed by atoms with van der Waals surface area (Å²) in [5, 5.41) is 68.9. The smallest absolute Gasteiger partial charge is 0.326 e. The SMILES string of the molecule is CC[C@H](C)[C@@H]1NC(=O)[C@H](C)NC(=O)[C@@H]2CCCN2C(=O)[C@H]([C@@H](C)CC)NC(=O)[C@H](CO)NC(=O)[C@H](CCCCN)NC(=O)[C@H]([C@@H](C)O)NC(=O)[C@@H](NC(=O)[C@H](CCCN=C(N)N)NC(=O)CN)CSSC[C@@H](C(=O)N[C@@H](Cc2ccccc2)C(=O)N2CCC[C@H]2C(=O)N[C@@H](CC(=O)O)C(=O)O)NC1=O. The number of nitrogens with one attached hydrogen (secondary N) is 11. The number of amides is 13. The lowest BCUT2D eigenvalue weighted by molar-refractivity contribution is -0.148. The Bertz CT molecular complexity index is 3190. The number of aliphatic carboxylic acids is 2. The molecule has 0 radical (unpaired) electrons. The number of hydrogen-bond donors (Lipinski definition) is 19. The van der Waals surface area contributed by atoms with Gasteiger partial charge in [-0.3, -0.25) is 72.1 Å². The van der Waals surface area contributed by atoms with Gasteiger partial charge in [-0.15, -0.1) is 0 Å². The number of hydrogen-bond acceptors (Lipinski definition) is 22. The number of carbonyl (C=O) groups excluding carboxylic acids is 13. The summed E-state index contributed by atoms with van der Waals surface area (Å²) in [6.45, 7) is 7.66. The Morgan fingerprint density at radius 2 is 1.27 bits per heavy atom. The number of carboxylic acid groups (broad SMARTS) is 2. The lowest BCUT2D eigenvalue weighted by atomic mass is 9.96. The average Bonchev–Trinajstić information content (AvgIpc) is 1.58. The molecule has 39 heteroatoms. The van der Waals surface area contributed by atoms with Crippen LogP contribution in [0.5, 0.6) is 0 Å². The Morgan fingerprint density at radius 3 is 1.88 bits per heavy atom. The van der Waals surface area contributed by atoms with Crippen molar-refractivity contribution in [1.82, 2.24) is 68.3 Å². The van der Waals surface area contributed by atoms with Gasteiger partial charge in [0.05, 0.1) is 25.7 Å². The molecule has 0 unspecified atom stereocenters. The summed E-state index contributed by atoms with van der Waals surface area (Å²) >= 11 is 0. The van der Waals surface area contributed by atoms with Crippen LogP contribution in [0, 0.1) is 11.8 Å². The molecular formula is C65H104N18O19S2. The predicted octanol–water partition coefficient (Wildman–Crippen LogP) is -5.88. The number of aliphatic hydroxyl groups is 2. The Kier molecular flexibility index (Phi) is 37.0. The molecule has 580 valence electrons. The van der Waals surface area contributed by atoms with Gasteiger partial charge in [0, 0.05) is 37.6 Å². The van der Waals surface area contributed by atoms with Gasteiger partial charge in [0.25, 0.3) is 0 Å². The molecule has 0 bridgehead atoms. The zero-order valence-electron chi connectivity index (χ0n) is 59.4. The molecule has 3 heterocycles. The first-order valence-electron chi connectivity index (χ1n) is 34.7. The second-order valence-corrected chi connectivity index (χ2v) is 28.4. The van der Waals surface area contributed by atoms with Crippen LogP contribution < -0.4 is 81.4 Å². The van der Waals surface area contributed by atoms with Gasteiger partial charge in [-0.05, 0) is 95.6 Å². The van der Waals surface area contributed by atoms with Crippen molar-refractivity contribution >= 4 is 116 Å². The molecule has 3 saturated heterocycles. The molecule has 16 atom stereocenters. The highest BCUT2D eigenvalue weighted by Gasteiger charge is 2.44. The highest BCUT2D eigenvalue weighted by atomic mass is 33.1. The van der Waals surface area contributed by atoms with E-state index in [1.807, 2.05) is 0 Å². The fraction of sp³-hybridized carbons (Fsp3) is 0.662. The van der Waals surface area contributed by atoms with Crippen LogP contribution in [0.15, 0.2) is 35.3 Å². The van der Waals surface area contributed by atoms with Crippen molar-refractivity contribution in [2.45, 2.75) is 210 Å². The standard InChI is InChI=1S/C65H104N18O19S2/c1-7-33(3)49-60(97)78-43(56(93)74-40(27-37-17-10-9-11-18-37)62(99)82-25-15-22-46(82)59(96)75-41(64(101)102)28-48(87)88)31-103-104-32-44(77-53(90)38(72-47(86)29-67)20-14-24-70-65(68)69)57(94)81-51(36(6)85)61(98)73-39(19-12-13-23-66)54(91)76-42(30-84)55(92)80-50(34(4)8-2)63(100)83-26-16-21-45(83)58(95)71-35(5)52(89)79-49/h9-11,17-18,33-36,38-46,49-51,84-85H,7-8,12-16,19-32,66-67H2,1-6H3,(H,71,95)(H,72,86)(H,73,98)(H,74,93)(H,75,96)(H,76,91)(H,77,90)(H,78,97)(H,79,89)(H,80,92)(H,81,94)(H,87,88)(H,101,102)(H4,68,69,70)/t33-,34-,35-,36+,38-,39-,40-,41-,42-,43-,44-,45-,46-,49-,50-,51-/m0/s1. The summed E-state index contributed by atoms with van der Waals surface area (Å²) in [6, 6.07) is -11.9. The summed E-state index contributed by atoms with van der Waals surface area (Å²) in [7, 11) is 1.62. The molecule has 4 rings (SSSR count). The zero-order chi connectivity index (χ0) is 77.5. The lowest BCUT2D eigenvalue weighted by Crippen LogP contribution is -2.62. The van der Waals surface area contributed by atoms with Gasteiger partial charge < -0.3 is 112 Å². The molecule has 1 aromatic carbocycles. The molecule has 104 heavy (non-hydrogen) atoms. The van der Waals surface area contributed by atoms with E-state index < -0.39 is 216 Å². The maximum Gasteiger partial charge on any atom is 0.326 e. The van der Waals surface area contributed by atoms with Crippen LogP contribution in [0.2, 0.25) is 0 Å². The van der Waals surface area contributed by atoms with Crippen molar-refractivity contribution in [1.29, 1.82) is 0 Å². The number of aliphatic hydroxyl groups excluding tert-OH is 2. The predicted molar refractivity (Wildman–Crippen MR) is 381 cm³/mol. The molecule has 3 fully saturated rings. The van der Waals surface area contributed by atoms with Crippen molar-refractivity contribution in [3.8, 4) is 0 Å². The van der Waals surface area contributed by atoms with Gasteiger partial charge in [-0.2, -0.15) is 0 Å². The highest BCUT2D eigenvalue weighted by molar-refractivity contribution is 8.76. The van der Waals surface area contributed by atoms with Crippen LogP contribution in [0.25, 0.3) is 0 Å². The quantitative estimate of drug-likeness (QED) is 0.0161. The number of rotatable bonds is 28. The normalized spacial score (nSPS) is 24.8. The molecular weight excluding hydrogens is 1400 g/mol.